The van der Waals surface area contributed by atoms with Gasteiger partial charge in [0.05, 0.1) is 11.5 Å². The van der Waals surface area contributed by atoms with E-state index in [1.807, 2.05) is 0 Å². The number of halogens is 1. The summed E-state index contributed by atoms with van der Waals surface area (Å²) in [5.74, 6) is -1.05. The van der Waals surface area contributed by atoms with E-state index in [4.69, 9.17) is 0 Å². The van der Waals surface area contributed by atoms with E-state index in [9.17, 15) is 24.1 Å². The van der Waals surface area contributed by atoms with E-state index >= 15 is 0 Å². The van der Waals surface area contributed by atoms with Crippen molar-refractivity contribution in [1.82, 2.24) is 10.2 Å². The number of nitro groups is 1. The highest BCUT2D eigenvalue weighted by Crippen LogP contribution is 2.31. The molecule has 1 aliphatic heterocycles. The number of benzene rings is 2. The van der Waals surface area contributed by atoms with E-state index in [0.717, 1.165) is 4.90 Å². The Bertz CT molecular complexity index is 868. The number of nitrogens with zero attached hydrogens (tertiary/aromatic N) is 2. The summed E-state index contributed by atoms with van der Waals surface area (Å²) in [7, 11) is 0. The van der Waals surface area contributed by atoms with Crippen molar-refractivity contribution in [2.24, 2.45) is 0 Å². The molecule has 25 heavy (non-hydrogen) atoms. The summed E-state index contributed by atoms with van der Waals surface area (Å²) in [4.78, 5) is 36.1. The molecule has 2 aromatic rings. The third kappa shape index (κ3) is 2.82. The molecule has 1 atom stereocenters. The van der Waals surface area contributed by atoms with Crippen LogP contribution >= 0.6 is 0 Å². The lowest BCUT2D eigenvalue weighted by atomic mass is 9.92. The molecular formula is C17H14FN3O4. The topological polar surface area (TPSA) is 92.6 Å². The zero-order valence-electron chi connectivity index (χ0n) is 13.2. The monoisotopic (exact) mass is 343 g/mol. The van der Waals surface area contributed by atoms with Crippen LogP contribution < -0.4 is 5.32 Å². The van der Waals surface area contributed by atoms with Crippen LogP contribution in [0.3, 0.4) is 0 Å². The predicted octanol–water partition coefficient (Wildman–Crippen LogP) is 2.70. The minimum Gasteiger partial charge on any atom is -0.319 e. The summed E-state index contributed by atoms with van der Waals surface area (Å²) in [6.07, 6.45) is 0. The van der Waals surface area contributed by atoms with Crippen molar-refractivity contribution in [1.29, 1.82) is 0 Å². The second kappa shape index (κ2) is 5.97. The van der Waals surface area contributed by atoms with Gasteiger partial charge >= 0.3 is 6.03 Å². The smallest absolute Gasteiger partial charge is 0.319 e. The number of nitrogens with one attached hydrogen (secondary N) is 1. The molecule has 0 aliphatic carbocycles. The Morgan fingerprint density at radius 3 is 2.40 bits per heavy atom. The van der Waals surface area contributed by atoms with Crippen LogP contribution in [-0.4, -0.2) is 21.8 Å². The van der Waals surface area contributed by atoms with Crippen molar-refractivity contribution in [2.45, 2.75) is 19.0 Å². The minimum absolute atomic E-state index is 0.118. The van der Waals surface area contributed by atoms with Crippen molar-refractivity contribution in [3.05, 3.63) is 75.6 Å². The van der Waals surface area contributed by atoms with Crippen molar-refractivity contribution >= 4 is 17.6 Å². The number of nitro benzene ring substituents is 1. The van der Waals surface area contributed by atoms with Crippen LogP contribution in [0.2, 0.25) is 0 Å². The first-order valence-corrected chi connectivity index (χ1v) is 7.45. The van der Waals surface area contributed by atoms with Crippen molar-refractivity contribution < 1.29 is 18.9 Å². The van der Waals surface area contributed by atoms with Crippen molar-refractivity contribution in [3.8, 4) is 0 Å². The number of imide groups is 1. The highest BCUT2D eigenvalue weighted by Gasteiger charge is 2.49. The van der Waals surface area contributed by atoms with Gasteiger partial charge in [-0.2, -0.15) is 0 Å². The van der Waals surface area contributed by atoms with Crippen LogP contribution in [-0.2, 0) is 16.9 Å². The van der Waals surface area contributed by atoms with E-state index in [1.165, 1.54) is 49.4 Å². The Morgan fingerprint density at radius 1 is 1.16 bits per heavy atom. The first-order valence-electron chi connectivity index (χ1n) is 7.45. The molecule has 3 rings (SSSR count). The zero-order chi connectivity index (χ0) is 18.2. The molecule has 0 saturated carbocycles. The molecule has 1 aliphatic rings. The minimum atomic E-state index is -1.36. The first kappa shape index (κ1) is 16.6. The molecule has 1 saturated heterocycles. The maximum absolute atomic E-state index is 13.8. The number of carbonyl (C=O) groups is 2. The number of amides is 3. The Labute approximate surface area is 142 Å². The van der Waals surface area contributed by atoms with Crippen LogP contribution in [0.15, 0.2) is 48.5 Å². The lowest BCUT2D eigenvalue weighted by Crippen LogP contribution is -2.40. The van der Waals surface area contributed by atoms with Gasteiger partial charge in [0.2, 0.25) is 0 Å². The fraction of sp³-hybridized carbons (Fsp3) is 0.176. The van der Waals surface area contributed by atoms with E-state index in [1.54, 1.807) is 6.07 Å². The number of non-ortho nitro benzene ring substituents is 1. The van der Waals surface area contributed by atoms with E-state index in [2.05, 4.69) is 5.32 Å². The molecule has 3 amide bonds. The van der Waals surface area contributed by atoms with Crippen LogP contribution in [0.25, 0.3) is 0 Å². The lowest BCUT2D eigenvalue weighted by Gasteiger charge is -2.22. The molecule has 1 heterocycles. The number of carbonyl (C=O) groups excluding carboxylic acids is 2. The third-order valence-electron chi connectivity index (χ3n) is 4.22. The van der Waals surface area contributed by atoms with Crippen molar-refractivity contribution in [2.75, 3.05) is 0 Å². The first-order chi connectivity index (χ1) is 11.8. The molecule has 0 bridgehead atoms. The van der Waals surface area contributed by atoms with Crippen LogP contribution in [0.1, 0.15) is 18.1 Å². The third-order valence-corrected chi connectivity index (χ3v) is 4.22. The van der Waals surface area contributed by atoms with Gasteiger partial charge in [0.15, 0.2) is 0 Å². The van der Waals surface area contributed by atoms with Crippen LogP contribution in [0, 0.1) is 15.9 Å². The normalized spacial score (nSPS) is 19.8. The maximum atomic E-state index is 13.8. The fourth-order valence-electron chi connectivity index (χ4n) is 2.75. The number of hydrogen-bond acceptors (Lipinski definition) is 4. The molecule has 0 unspecified atom stereocenters. The summed E-state index contributed by atoms with van der Waals surface area (Å²) in [6, 6.07) is 10.6. The molecule has 8 heteroatoms. The molecule has 128 valence electrons. The van der Waals surface area contributed by atoms with Gasteiger partial charge in [0.25, 0.3) is 11.6 Å². The average Bonchev–Trinajstić information content (AvgIpc) is 2.81. The van der Waals surface area contributed by atoms with Gasteiger partial charge in [-0.05, 0) is 30.7 Å². The Balaban J connectivity index is 1.89. The second-order valence-electron chi connectivity index (χ2n) is 5.84. The van der Waals surface area contributed by atoms with Gasteiger partial charge < -0.3 is 5.32 Å². The average molecular weight is 343 g/mol. The second-order valence-corrected chi connectivity index (χ2v) is 5.84. The molecular weight excluding hydrogens is 329 g/mol. The van der Waals surface area contributed by atoms with E-state index < -0.39 is 28.2 Å². The summed E-state index contributed by atoms with van der Waals surface area (Å²) < 4.78 is 13.8. The Kier molecular flexibility index (Phi) is 3.96. The Morgan fingerprint density at radius 2 is 1.80 bits per heavy atom. The zero-order valence-corrected chi connectivity index (χ0v) is 13.2. The van der Waals surface area contributed by atoms with Gasteiger partial charge in [0.1, 0.15) is 11.4 Å². The number of rotatable bonds is 4. The standard InChI is InChI=1S/C17H14FN3O4/c1-17(12-6-8-13(9-7-12)21(24)25)15(22)20(16(23)19-17)10-11-4-2-3-5-14(11)18/h2-9H,10H2,1H3,(H,19,23)/t17-/m0/s1. The molecule has 1 N–H and O–H groups in total. The molecule has 7 nitrogen and oxygen atoms in total. The quantitative estimate of drug-likeness (QED) is 0.525. The van der Waals surface area contributed by atoms with Crippen LogP contribution in [0.5, 0.6) is 0 Å². The van der Waals surface area contributed by atoms with Crippen molar-refractivity contribution in [3.63, 3.8) is 0 Å². The molecule has 0 spiro atoms. The van der Waals surface area contributed by atoms with Gasteiger partial charge in [-0.1, -0.05) is 18.2 Å². The van der Waals surface area contributed by atoms with Crippen LogP contribution in [0.4, 0.5) is 14.9 Å². The van der Waals surface area contributed by atoms with Gasteiger partial charge in [-0.15, -0.1) is 0 Å². The Hall–Kier alpha value is -3.29. The van der Waals surface area contributed by atoms with E-state index in [-0.39, 0.29) is 17.8 Å². The fourth-order valence-corrected chi connectivity index (χ4v) is 2.75. The lowest BCUT2D eigenvalue weighted by molar-refractivity contribution is -0.384. The maximum Gasteiger partial charge on any atom is 0.325 e. The summed E-state index contributed by atoms with van der Waals surface area (Å²) in [5.41, 5.74) is -0.851. The highest BCUT2D eigenvalue weighted by molar-refractivity contribution is 6.07. The SMILES string of the molecule is C[C@@]1(c2ccc([N+](=O)[O-])cc2)NC(=O)N(Cc2ccccc2F)C1=O. The van der Waals surface area contributed by atoms with Gasteiger partial charge in [-0.3, -0.25) is 19.8 Å². The number of hydrogen-bond donors (Lipinski definition) is 1. The molecule has 2 aromatic carbocycles. The van der Waals surface area contributed by atoms with Gasteiger partial charge in [-0.25, -0.2) is 9.18 Å². The molecule has 0 radical (unpaired) electrons. The number of urea groups is 1. The van der Waals surface area contributed by atoms with E-state index in [0.29, 0.717) is 5.56 Å². The molecule has 1 fully saturated rings. The molecule has 0 aromatic heterocycles. The summed E-state index contributed by atoms with van der Waals surface area (Å²) in [6.45, 7) is 1.32. The summed E-state index contributed by atoms with van der Waals surface area (Å²) >= 11 is 0. The summed E-state index contributed by atoms with van der Waals surface area (Å²) in [5, 5.41) is 13.3. The largest absolute Gasteiger partial charge is 0.325 e. The highest BCUT2D eigenvalue weighted by atomic mass is 19.1. The predicted molar refractivity (Wildman–Crippen MR) is 85.9 cm³/mol. The van der Waals surface area contributed by atoms with Gasteiger partial charge in [0, 0.05) is 17.7 Å².